The number of carbonyl (C=O) groups excluding carboxylic acids is 1. The molecule has 94 valence electrons. The molecule has 2 heterocycles. The zero-order valence-electron chi connectivity index (χ0n) is 9.69. The van der Waals surface area contributed by atoms with E-state index < -0.39 is 11.7 Å². The van der Waals surface area contributed by atoms with Crippen LogP contribution in [0.1, 0.15) is 35.3 Å². The first kappa shape index (κ1) is 10.9. The fourth-order valence-electron chi connectivity index (χ4n) is 2.47. The summed E-state index contributed by atoms with van der Waals surface area (Å²) < 4.78 is 5.73. The summed E-state index contributed by atoms with van der Waals surface area (Å²) in [5.41, 5.74) is 0.168. The number of ether oxygens (including phenoxy) is 1. The Morgan fingerprint density at radius 2 is 2.33 bits per heavy atom. The lowest BCUT2D eigenvalue weighted by Crippen LogP contribution is -2.62. The molecular weight excluding hydrogens is 236 g/mol. The summed E-state index contributed by atoms with van der Waals surface area (Å²) in [6.45, 7) is 1.80. The Hall–Kier alpha value is -2.24. The SMILES string of the molecule is CC12CC(NC(=O)N1)c1cc(C(=O)O)ccc1O2. The van der Waals surface area contributed by atoms with Gasteiger partial charge in [-0.1, -0.05) is 0 Å². The summed E-state index contributed by atoms with van der Waals surface area (Å²) in [7, 11) is 0. The number of benzene rings is 1. The van der Waals surface area contributed by atoms with Crippen LogP contribution in [0.25, 0.3) is 0 Å². The van der Waals surface area contributed by atoms with E-state index in [1.165, 1.54) is 6.07 Å². The van der Waals surface area contributed by atoms with Gasteiger partial charge < -0.3 is 20.5 Å². The highest BCUT2D eigenvalue weighted by atomic mass is 16.5. The number of carbonyl (C=O) groups is 2. The van der Waals surface area contributed by atoms with Crippen molar-refractivity contribution in [3.05, 3.63) is 29.3 Å². The van der Waals surface area contributed by atoms with Crippen LogP contribution in [-0.4, -0.2) is 22.8 Å². The van der Waals surface area contributed by atoms with Gasteiger partial charge in [-0.05, 0) is 25.1 Å². The van der Waals surface area contributed by atoms with E-state index in [9.17, 15) is 9.59 Å². The second-order valence-electron chi connectivity index (χ2n) is 4.75. The van der Waals surface area contributed by atoms with Crippen molar-refractivity contribution in [3.8, 4) is 5.75 Å². The van der Waals surface area contributed by atoms with E-state index in [-0.39, 0.29) is 17.6 Å². The summed E-state index contributed by atoms with van der Waals surface area (Å²) in [6, 6.07) is 4.15. The number of urea groups is 1. The molecule has 2 bridgehead atoms. The van der Waals surface area contributed by atoms with Crippen LogP contribution >= 0.6 is 0 Å². The van der Waals surface area contributed by atoms with Crippen molar-refractivity contribution in [2.24, 2.45) is 0 Å². The van der Waals surface area contributed by atoms with Gasteiger partial charge in [0.1, 0.15) is 5.75 Å². The van der Waals surface area contributed by atoms with Crippen molar-refractivity contribution in [3.63, 3.8) is 0 Å². The maximum absolute atomic E-state index is 11.5. The number of fused-ring (bicyclic) bond motifs is 4. The van der Waals surface area contributed by atoms with E-state index in [0.29, 0.717) is 17.7 Å². The minimum atomic E-state index is -0.994. The summed E-state index contributed by atoms with van der Waals surface area (Å²) in [5, 5.41) is 14.5. The third-order valence-corrected chi connectivity index (χ3v) is 3.24. The number of hydrogen-bond donors (Lipinski definition) is 3. The first-order chi connectivity index (χ1) is 8.47. The average Bonchev–Trinajstić information content (AvgIpc) is 2.26. The smallest absolute Gasteiger partial charge is 0.335 e. The van der Waals surface area contributed by atoms with Crippen molar-refractivity contribution in [1.82, 2.24) is 10.6 Å². The minimum absolute atomic E-state index is 0.189. The number of carboxylic acid groups (broad SMARTS) is 1. The van der Waals surface area contributed by atoms with Gasteiger partial charge in [0.25, 0.3) is 0 Å². The van der Waals surface area contributed by atoms with Crippen molar-refractivity contribution >= 4 is 12.0 Å². The molecule has 1 aromatic carbocycles. The lowest BCUT2D eigenvalue weighted by molar-refractivity contribution is 0.0119. The van der Waals surface area contributed by atoms with Crippen LogP contribution in [-0.2, 0) is 0 Å². The monoisotopic (exact) mass is 248 g/mol. The molecule has 3 rings (SSSR count). The van der Waals surface area contributed by atoms with E-state index in [2.05, 4.69) is 10.6 Å². The third kappa shape index (κ3) is 1.57. The zero-order chi connectivity index (χ0) is 12.9. The van der Waals surface area contributed by atoms with Gasteiger partial charge in [0, 0.05) is 12.0 Å². The molecule has 0 radical (unpaired) electrons. The molecule has 1 saturated heterocycles. The van der Waals surface area contributed by atoms with Crippen LogP contribution in [0.4, 0.5) is 4.79 Å². The number of hydrogen-bond acceptors (Lipinski definition) is 3. The molecule has 1 fully saturated rings. The fraction of sp³-hybridized carbons (Fsp3) is 0.333. The standard InChI is InChI=1S/C12H12N2O4/c1-12-5-8(13-11(17)14-12)7-4-6(10(15)16)2-3-9(7)18-12/h2-4,8H,5H2,1H3,(H,15,16)(H2,13,14,17). The molecule has 18 heavy (non-hydrogen) atoms. The highest BCUT2D eigenvalue weighted by Crippen LogP contribution is 2.40. The predicted octanol–water partition coefficient (Wildman–Crippen LogP) is 1.24. The third-order valence-electron chi connectivity index (χ3n) is 3.24. The molecule has 0 aromatic heterocycles. The minimum Gasteiger partial charge on any atom is -0.478 e. The van der Waals surface area contributed by atoms with E-state index >= 15 is 0 Å². The van der Waals surface area contributed by atoms with Crippen LogP contribution in [0.5, 0.6) is 5.75 Å². The van der Waals surface area contributed by atoms with E-state index in [1.54, 1.807) is 19.1 Å². The Morgan fingerprint density at radius 3 is 3.06 bits per heavy atom. The molecule has 3 N–H and O–H groups in total. The van der Waals surface area contributed by atoms with Crippen LogP contribution in [0.3, 0.4) is 0 Å². The normalized spacial score (nSPS) is 28.5. The first-order valence-corrected chi connectivity index (χ1v) is 5.62. The van der Waals surface area contributed by atoms with E-state index in [0.717, 1.165) is 0 Å². The Balaban J connectivity index is 2.08. The molecule has 0 spiro atoms. The number of nitrogens with one attached hydrogen (secondary N) is 2. The number of amides is 2. The molecular formula is C12H12N2O4. The van der Waals surface area contributed by atoms with Gasteiger partial charge in [0.15, 0.2) is 5.72 Å². The fourth-order valence-corrected chi connectivity index (χ4v) is 2.47. The molecule has 6 heteroatoms. The van der Waals surface area contributed by atoms with Gasteiger partial charge in [-0.25, -0.2) is 9.59 Å². The Bertz CT molecular complexity index is 557. The molecule has 0 aliphatic carbocycles. The molecule has 2 unspecified atom stereocenters. The largest absolute Gasteiger partial charge is 0.478 e. The Labute approximate surface area is 103 Å². The lowest BCUT2D eigenvalue weighted by atomic mass is 9.91. The van der Waals surface area contributed by atoms with Crippen LogP contribution in [0, 0.1) is 0 Å². The highest BCUT2D eigenvalue weighted by molar-refractivity contribution is 5.88. The van der Waals surface area contributed by atoms with E-state index in [4.69, 9.17) is 9.84 Å². The van der Waals surface area contributed by atoms with Crippen LogP contribution in [0.2, 0.25) is 0 Å². The number of rotatable bonds is 1. The number of aromatic carboxylic acids is 1. The predicted molar refractivity (Wildman–Crippen MR) is 61.5 cm³/mol. The van der Waals surface area contributed by atoms with Gasteiger partial charge in [0.2, 0.25) is 0 Å². The average molecular weight is 248 g/mol. The van der Waals surface area contributed by atoms with Gasteiger partial charge in [0.05, 0.1) is 11.6 Å². The molecule has 0 saturated carbocycles. The van der Waals surface area contributed by atoms with Crippen LogP contribution in [0.15, 0.2) is 18.2 Å². The molecule has 2 amide bonds. The second kappa shape index (κ2) is 3.38. The van der Waals surface area contributed by atoms with E-state index in [1.807, 2.05) is 0 Å². The molecule has 2 aliphatic rings. The summed E-state index contributed by atoms with van der Waals surface area (Å²) in [6.07, 6.45) is 0.564. The van der Waals surface area contributed by atoms with Crippen LogP contribution < -0.4 is 15.4 Å². The quantitative estimate of drug-likeness (QED) is 0.697. The van der Waals surface area contributed by atoms with Gasteiger partial charge >= 0.3 is 12.0 Å². The zero-order valence-corrected chi connectivity index (χ0v) is 9.69. The summed E-state index contributed by atoms with van der Waals surface area (Å²) in [5.74, 6) is -0.391. The van der Waals surface area contributed by atoms with Gasteiger partial charge in [-0.15, -0.1) is 0 Å². The van der Waals surface area contributed by atoms with Crippen molar-refractivity contribution < 1.29 is 19.4 Å². The second-order valence-corrected chi connectivity index (χ2v) is 4.75. The maximum atomic E-state index is 11.5. The lowest BCUT2D eigenvalue weighted by Gasteiger charge is -2.44. The van der Waals surface area contributed by atoms with Crippen molar-refractivity contribution in [1.29, 1.82) is 0 Å². The topological polar surface area (TPSA) is 87.7 Å². The molecule has 2 atom stereocenters. The van der Waals surface area contributed by atoms with Crippen molar-refractivity contribution in [2.45, 2.75) is 25.1 Å². The number of carboxylic acids is 1. The van der Waals surface area contributed by atoms with Gasteiger partial charge in [-0.2, -0.15) is 0 Å². The van der Waals surface area contributed by atoms with Crippen molar-refractivity contribution in [2.75, 3.05) is 0 Å². The van der Waals surface area contributed by atoms with Gasteiger partial charge in [-0.3, -0.25) is 0 Å². The molecule has 1 aromatic rings. The highest BCUT2D eigenvalue weighted by Gasteiger charge is 2.43. The Morgan fingerprint density at radius 1 is 1.56 bits per heavy atom. The molecule has 6 nitrogen and oxygen atoms in total. The Kier molecular flexibility index (Phi) is 2.04. The first-order valence-electron chi connectivity index (χ1n) is 5.62. The summed E-state index contributed by atoms with van der Waals surface area (Å²) >= 11 is 0. The maximum Gasteiger partial charge on any atom is 0.335 e. The summed E-state index contributed by atoms with van der Waals surface area (Å²) in [4.78, 5) is 22.4. The molecule has 2 aliphatic heterocycles.